The van der Waals surface area contributed by atoms with E-state index in [0.29, 0.717) is 22.9 Å². The Bertz CT molecular complexity index is 569. The molecule has 0 bridgehead atoms. The molecule has 0 aliphatic carbocycles. The average molecular weight is 261 g/mol. The summed E-state index contributed by atoms with van der Waals surface area (Å²) in [5.74, 6) is 0.737. The zero-order valence-electron chi connectivity index (χ0n) is 9.69. The van der Waals surface area contributed by atoms with Crippen molar-refractivity contribution in [2.24, 2.45) is 5.73 Å². The SMILES string of the molecule is N=C(N)c1ccccc1COc1cccc(Cl)c1. The summed E-state index contributed by atoms with van der Waals surface area (Å²) >= 11 is 5.87. The number of amidine groups is 1. The van der Waals surface area contributed by atoms with Gasteiger partial charge in [-0.15, -0.1) is 0 Å². The van der Waals surface area contributed by atoms with Crippen LogP contribution in [0.4, 0.5) is 0 Å². The van der Waals surface area contributed by atoms with Crippen LogP contribution in [-0.4, -0.2) is 5.84 Å². The van der Waals surface area contributed by atoms with Gasteiger partial charge in [0, 0.05) is 16.1 Å². The van der Waals surface area contributed by atoms with Crippen LogP contribution in [0, 0.1) is 5.41 Å². The molecule has 3 nitrogen and oxygen atoms in total. The van der Waals surface area contributed by atoms with Gasteiger partial charge in [-0.25, -0.2) is 0 Å². The molecule has 2 rings (SSSR count). The summed E-state index contributed by atoms with van der Waals surface area (Å²) in [6.07, 6.45) is 0. The molecule has 0 saturated carbocycles. The van der Waals surface area contributed by atoms with Crippen LogP contribution >= 0.6 is 11.6 Å². The van der Waals surface area contributed by atoms with E-state index < -0.39 is 0 Å². The minimum absolute atomic E-state index is 0.0419. The highest BCUT2D eigenvalue weighted by molar-refractivity contribution is 6.30. The van der Waals surface area contributed by atoms with Crippen molar-refractivity contribution >= 4 is 17.4 Å². The fraction of sp³-hybridized carbons (Fsp3) is 0.0714. The van der Waals surface area contributed by atoms with Gasteiger partial charge in [0.2, 0.25) is 0 Å². The molecule has 4 heteroatoms. The van der Waals surface area contributed by atoms with Crippen molar-refractivity contribution in [3.05, 3.63) is 64.7 Å². The van der Waals surface area contributed by atoms with E-state index in [1.807, 2.05) is 30.3 Å². The smallest absolute Gasteiger partial charge is 0.123 e. The standard InChI is InChI=1S/C14H13ClN2O/c15-11-5-3-6-12(8-11)18-9-10-4-1-2-7-13(10)14(16)17/h1-8H,9H2,(H3,16,17). The largest absolute Gasteiger partial charge is 0.489 e. The zero-order valence-corrected chi connectivity index (χ0v) is 10.4. The Morgan fingerprint density at radius 3 is 2.67 bits per heavy atom. The predicted molar refractivity (Wildman–Crippen MR) is 73.2 cm³/mol. The molecule has 92 valence electrons. The molecule has 0 aliphatic heterocycles. The van der Waals surface area contributed by atoms with E-state index in [1.165, 1.54) is 0 Å². The molecule has 0 aromatic heterocycles. The Balaban J connectivity index is 2.13. The van der Waals surface area contributed by atoms with Gasteiger partial charge in [0.05, 0.1) is 0 Å². The van der Waals surface area contributed by atoms with E-state index >= 15 is 0 Å². The first-order chi connectivity index (χ1) is 8.66. The van der Waals surface area contributed by atoms with E-state index in [9.17, 15) is 0 Å². The van der Waals surface area contributed by atoms with Crippen molar-refractivity contribution in [3.8, 4) is 5.75 Å². The highest BCUT2D eigenvalue weighted by Crippen LogP contribution is 2.19. The first-order valence-electron chi connectivity index (χ1n) is 5.47. The van der Waals surface area contributed by atoms with Gasteiger partial charge in [0.25, 0.3) is 0 Å². The van der Waals surface area contributed by atoms with Gasteiger partial charge in [0.1, 0.15) is 18.2 Å². The van der Waals surface area contributed by atoms with Crippen molar-refractivity contribution in [1.82, 2.24) is 0 Å². The number of nitrogens with two attached hydrogens (primary N) is 1. The van der Waals surface area contributed by atoms with Crippen LogP contribution in [-0.2, 0) is 6.61 Å². The van der Waals surface area contributed by atoms with Crippen molar-refractivity contribution in [2.45, 2.75) is 6.61 Å². The summed E-state index contributed by atoms with van der Waals surface area (Å²) in [6.45, 7) is 0.357. The molecular formula is C14H13ClN2O. The van der Waals surface area contributed by atoms with Gasteiger partial charge in [-0.05, 0) is 18.2 Å². The molecule has 0 atom stereocenters. The lowest BCUT2D eigenvalue weighted by Gasteiger charge is -2.10. The van der Waals surface area contributed by atoms with E-state index in [4.69, 9.17) is 27.5 Å². The molecule has 0 amide bonds. The Morgan fingerprint density at radius 2 is 1.94 bits per heavy atom. The number of nitrogen functional groups attached to an aromatic ring is 1. The van der Waals surface area contributed by atoms with Crippen molar-refractivity contribution in [1.29, 1.82) is 5.41 Å². The van der Waals surface area contributed by atoms with E-state index in [-0.39, 0.29) is 5.84 Å². The number of benzene rings is 2. The molecule has 0 radical (unpaired) electrons. The zero-order chi connectivity index (χ0) is 13.0. The summed E-state index contributed by atoms with van der Waals surface area (Å²) in [5, 5.41) is 8.13. The van der Waals surface area contributed by atoms with Crippen LogP contribution in [0.2, 0.25) is 5.02 Å². The number of nitrogens with one attached hydrogen (secondary N) is 1. The predicted octanol–water partition coefficient (Wildman–Crippen LogP) is 3.20. The van der Waals surface area contributed by atoms with Crippen molar-refractivity contribution < 1.29 is 4.74 Å². The molecule has 2 aromatic rings. The van der Waals surface area contributed by atoms with Crippen LogP contribution in [0.5, 0.6) is 5.75 Å². The summed E-state index contributed by atoms with van der Waals surface area (Å²) in [7, 11) is 0. The molecule has 18 heavy (non-hydrogen) atoms. The van der Waals surface area contributed by atoms with Crippen molar-refractivity contribution in [3.63, 3.8) is 0 Å². The highest BCUT2D eigenvalue weighted by atomic mass is 35.5. The van der Waals surface area contributed by atoms with Gasteiger partial charge in [0.15, 0.2) is 0 Å². The second kappa shape index (κ2) is 5.56. The number of rotatable bonds is 4. The minimum Gasteiger partial charge on any atom is -0.489 e. The number of halogens is 1. The summed E-state index contributed by atoms with van der Waals surface area (Å²) in [4.78, 5) is 0. The Morgan fingerprint density at radius 1 is 1.17 bits per heavy atom. The number of hydrogen-bond acceptors (Lipinski definition) is 2. The second-order valence-corrected chi connectivity index (χ2v) is 4.25. The van der Waals surface area contributed by atoms with Crippen LogP contribution < -0.4 is 10.5 Å². The van der Waals surface area contributed by atoms with Crippen LogP contribution in [0.25, 0.3) is 0 Å². The number of ether oxygens (including phenoxy) is 1. The molecule has 3 N–H and O–H groups in total. The second-order valence-electron chi connectivity index (χ2n) is 3.82. The lowest BCUT2D eigenvalue weighted by molar-refractivity contribution is 0.306. The summed E-state index contributed by atoms with van der Waals surface area (Å²) in [6, 6.07) is 14.6. The maximum atomic E-state index is 7.49. The minimum atomic E-state index is 0.0419. The molecular weight excluding hydrogens is 248 g/mol. The third-order valence-corrected chi connectivity index (χ3v) is 2.73. The molecule has 0 unspecified atom stereocenters. The maximum absolute atomic E-state index is 7.49. The molecule has 2 aromatic carbocycles. The van der Waals surface area contributed by atoms with Gasteiger partial charge < -0.3 is 10.5 Å². The Hall–Kier alpha value is -2.00. The summed E-state index contributed by atoms with van der Waals surface area (Å²) < 4.78 is 5.63. The highest BCUT2D eigenvalue weighted by Gasteiger charge is 2.05. The summed E-state index contributed by atoms with van der Waals surface area (Å²) in [5.41, 5.74) is 7.09. The fourth-order valence-corrected chi connectivity index (χ4v) is 1.81. The van der Waals surface area contributed by atoms with Crippen LogP contribution in [0.1, 0.15) is 11.1 Å². The first-order valence-corrected chi connectivity index (χ1v) is 5.85. The van der Waals surface area contributed by atoms with E-state index in [2.05, 4.69) is 0 Å². The molecule has 0 aliphatic rings. The fourth-order valence-electron chi connectivity index (χ4n) is 1.63. The quantitative estimate of drug-likeness (QED) is 0.655. The lowest BCUT2D eigenvalue weighted by Crippen LogP contribution is -2.14. The molecule has 0 saturated heterocycles. The Kier molecular flexibility index (Phi) is 3.85. The Labute approximate surface area is 111 Å². The van der Waals surface area contributed by atoms with Gasteiger partial charge in [-0.2, -0.15) is 0 Å². The van der Waals surface area contributed by atoms with Crippen LogP contribution in [0.15, 0.2) is 48.5 Å². The monoisotopic (exact) mass is 260 g/mol. The molecule has 0 heterocycles. The van der Waals surface area contributed by atoms with Gasteiger partial charge in [-0.1, -0.05) is 41.9 Å². The van der Waals surface area contributed by atoms with Crippen LogP contribution in [0.3, 0.4) is 0 Å². The molecule has 0 spiro atoms. The third-order valence-electron chi connectivity index (χ3n) is 2.50. The maximum Gasteiger partial charge on any atom is 0.123 e. The van der Waals surface area contributed by atoms with Crippen molar-refractivity contribution in [2.75, 3.05) is 0 Å². The van der Waals surface area contributed by atoms with E-state index in [0.717, 1.165) is 5.56 Å². The lowest BCUT2D eigenvalue weighted by atomic mass is 10.1. The van der Waals surface area contributed by atoms with Gasteiger partial charge >= 0.3 is 0 Å². The number of hydrogen-bond donors (Lipinski definition) is 2. The topological polar surface area (TPSA) is 59.1 Å². The van der Waals surface area contributed by atoms with Gasteiger partial charge in [-0.3, -0.25) is 5.41 Å². The average Bonchev–Trinajstić information content (AvgIpc) is 2.37. The first kappa shape index (κ1) is 12.5. The molecule has 0 fully saturated rings. The van der Waals surface area contributed by atoms with E-state index in [1.54, 1.807) is 18.2 Å². The normalized spacial score (nSPS) is 10.1. The third kappa shape index (κ3) is 3.02.